The highest BCUT2D eigenvalue weighted by atomic mass is 32.2. The van der Waals surface area contributed by atoms with Crippen molar-refractivity contribution in [1.29, 1.82) is 0 Å². The summed E-state index contributed by atoms with van der Waals surface area (Å²) < 4.78 is 33.1. The van der Waals surface area contributed by atoms with Crippen LogP contribution in [0.1, 0.15) is 56.0 Å². The third kappa shape index (κ3) is 5.08. The van der Waals surface area contributed by atoms with Crippen LogP contribution in [-0.2, 0) is 14.8 Å². The molecule has 0 radical (unpaired) electrons. The number of aromatic nitrogens is 1. The Labute approximate surface area is 165 Å². The van der Waals surface area contributed by atoms with Gasteiger partial charge in [-0.05, 0) is 43.5 Å². The molecule has 0 spiro atoms. The number of carbonyl (C=O) groups excluding carboxylic acids is 1. The lowest BCUT2D eigenvalue weighted by atomic mass is 9.96. The van der Waals surface area contributed by atoms with E-state index in [1.165, 1.54) is 13.3 Å². The maximum Gasteiger partial charge on any atom is 0.240 e. The van der Waals surface area contributed by atoms with Crippen LogP contribution in [0.5, 0.6) is 0 Å². The molecule has 28 heavy (non-hydrogen) atoms. The molecule has 1 aliphatic rings. The minimum Gasteiger partial charge on any atom is -0.354 e. The van der Waals surface area contributed by atoms with Crippen molar-refractivity contribution in [3.8, 4) is 0 Å². The summed E-state index contributed by atoms with van der Waals surface area (Å²) in [5.74, 6) is 0.226. The Hall–Kier alpha value is -2.45. The molecule has 1 aromatic carbocycles. The summed E-state index contributed by atoms with van der Waals surface area (Å²) in [5, 5.41) is 6.55. The zero-order valence-electron chi connectivity index (χ0n) is 16.1. The van der Waals surface area contributed by atoms with Crippen molar-refractivity contribution in [1.82, 2.24) is 9.88 Å². The second-order valence-corrected chi connectivity index (χ2v) is 8.76. The number of rotatable bonds is 6. The summed E-state index contributed by atoms with van der Waals surface area (Å²) in [5.41, 5.74) is 1.92. The average molecular weight is 404 g/mol. The van der Waals surface area contributed by atoms with Crippen molar-refractivity contribution in [3.63, 3.8) is 0 Å². The number of nitrogens with one attached hydrogen (secondary N) is 2. The molecule has 1 aliphatic carbocycles. The molecule has 1 heterocycles. The molecule has 7 nitrogen and oxygen atoms in total. The summed E-state index contributed by atoms with van der Waals surface area (Å²) >= 11 is 0. The fourth-order valence-electron chi connectivity index (χ4n) is 3.27. The number of nitrogens with zero attached hydrogens (tertiary/aromatic N) is 1. The molecule has 1 fully saturated rings. The topological polar surface area (TPSA) is 101 Å². The Balaban J connectivity index is 1.71. The second kappa shape index (κ2) is 8.70. The van der Waals surface area contributed by atoms with Crippen molar-refractivity contribution in [2.24, 2.45) is 0 Å². The van der Waals surface area contributed by atoms with Gasteiger partial charge in [-0.1, -0.05) is 42.6 Å². The van der Waals surface area contributed by atoms with Gasteiger partial charge < -0.3 is 9.84 Å². The smallest absolute Gasteiger partial charge is 0.240 e. The highest BCUT2D eigenvalue weighted by Gasteiger charge is 2.21. The molecule has 0 saturated heterocycles. The normalized spacial score (nSPS) is 15.8. The number of amides is 1. The molecule has 0 unspecified atom stereocenters. The number of carbonyl (C=O) groups is 1. The van der Waals surface area contributed by atoms with Gasteiger partial charge in [-0.25, -0.2) is 13.1 Å². The predicted molar refractivity (Wildman–Crippen MR) is 108 cm³/mol. The fraction of sp³-hybridized carbons (Fsp3) is 0.400. The largest absolute Gasteiger partial charge is 0.354 e. The third-order valence-corrected chi connectivity index (χ3v) is 6.27. The first-order valence-electron chi connectivity index (χ1n) is 9.39. The number of benzene rings is 1. The summed E-state index contributed by atoms with van der Waals surface area (Å²) in [6, 6.07) is 6.66. The Morgan fingerprint density at radius 1 is 1.14 bits per heavy atom. The molecule has 1 aromatic heterocycles. The van der Waals surface area contributed by atoms with Crippen LogP contribution in [0, 0.1) is 6.92 Å². The zero-order chi connectivity index (χ0) is 20.1. The maximum atomic E-state index is 12.5. The summed E-state index contributed by atoms with van der Waals surface area (Å²) in [6.45, 7) is 3.16. The molecule has 1 saturated carbocycles. The Morgan fingerprint density at radius 3 is 2.46 bits per heavy atom. The average Bonchev–Trinajstić information content (AvgIpc) is 3.00. The molecule has 0 atom stereocenters. The lowest BCUT2D eigenvalue weighted by molar-refractivity contribution is -0.114. The van der Waals surface area contributed by atoms with E-state index in [-0.39, 0.29) is 16.8 Å². The van der Waals surface area contributed by atoms with E-state index in [2.05, 4.69) is 15.2 Å². The van der Waals surface area contributed by atoms with Crippen molar-refractivity contribution in [2.75, 3.05) is 5.32 Å². The molecule has 2 N–H and O–H groups in total. The first kappa shape index (κ1) is 20.3. The molecule has 2 aromatic rings. The maximum absolute atomic E-state index is 12.5. The summed E-state index contributed by atoms with van der Waals surface area (Å²) in [7, 11) is -3.51. The number of sulfonamides is 1. The molecule has 1 amide bonds. The Kier molecular flexibility index (Phi) is 6.31. The highest BCUT2D eigenvalue weighted by molar-refractivity contribution is 7.89. The number of aryl methyl sites for hydroxylation is 1. The lowest BCUT2D eigenvalue weighted by Gasteiger charge is -2.22. The van der Waals surface area contributed by atoms with Crippen LogP contribution in [0.3, 0.4) is 0 Å². The van der Waals surface area contributed by atoms with Gasteiger partial charge in [0.25, 0.3) is 0 Å². The highest BCUT2D eigenvalue weighted by Crippen LogP contribution is 2.23. The predicted octanol–water partition coefficient (Wildman–Crippen LogP) is 3.72. The quantitative estimate of drug-likeness (QED) is 0.765. The first-order chi connectivity index (χ1) is 13.3. The van der Waals surface area contributed by atoms with E-state index >= 15 is 0 Å². The van der Waals surface area contributed by atoms with Crippen LogP contribution < -0.4 is 10.0 Å². The van der Waals surface area contributed by atoms with Gasteiger partial charge in [-0.2, -0.15) is 0 Å². The lowest BCUT2D eigenvalue weighted by Crippen LogP contribution is -2.36. The van der Waals surface area contributed by atoms with E-state index in [1.807, 2.05) is 0 Å². The van der Waals surface area contributed by atoms with E-state index < -0.39 is 10.0 Å². The molecule has 150 valence electrons. The van der Waals surface area contributed by atoms with E-state index in [4.69, 9.17) is 4.52 Å². The number of anilines is 1. The first-order valence-corrected chi connectivity index (χ1v) is 10.9. The van der Waals surface area contributed by atoms with Crippen LogP contribution >= 0.6 is 0 Å². The monoisotopic (exact) mass is 403 g/mol. The van der Waals surface area contributed by atoms with Gasteiger partial charge in [-0.15, -0.1) is 0 Å². The SMILES string of the molecule is CC(=O)Nc1c(C)noc1C=Cc1ccc(S(=O)(=O)NC2CCCCC2)cc1. The standard InChI is InChI=1S/C20H25N3O4S/c1-14-20(21-15(2)24)19(27-22-14)13-10-16-8-11-18(12-9-16)28(25,26)23-17-6-4-3-5-7-17/h8-13,17,23H,3-7H2,1-2H3,(H,21,24). The number of hydrogen-bond donors (Lipinski definition) is 2. The Morgan fingerprint density at radius 2 is 1.82 bits per heavy atom. The summed E-state index contributed by atoms with van der Waals surface area (Å²) in [6.07, 6.45) is 8.57. The zero-order valence-corrected chi connectivity index (χ0v) is 16.9. The summed E-state index contributed by atoms with van der Waals surface area (Å²) in [4.78, 5) is 11.6. The van der Waals surface area contributed by atoms with Crippen molar-refractivity contribution < 1.29 is 17.7 Å². The van der Waals surface area contributed by atoms with Crippen molar-refractivity contribution in [2.45, 2.75) is 56.9 Å². The minimum atomic E-state index is -3.51. The molecule has 3 rings (SSSR count). The van der Waals surface area contributed by atoms with E-state index in [0.29, 0.717) is 17.1 Å². The van der Waals surface area contributed by atoms with Gasteiger partial charge in [-0.3, -0.25) is 4.79 Å². The van der Waals surface area contributed by atoms with Crippen LogP contribution in [-0.4, -0.2) is 25.5 Å². The van der Waals surface area contributed by atoms with Crippen LogP contribution in [0.4, 0.5) is 5.69 Å². The number of hydrogen-bond acceptors (Lipinski definition) is 5. The van der Waals surface area contributed by atoms with Crippen LogP contribution in [0.2, 0.25) is 0 Å². The Bertz CT molecular complexity index is 956. The van der Waals surface area contributed by atoms with E-state index in [0.717, 1.165) is 31.2 Å². The second-order valence-electron chi connectivity index (χ2n) is 7.05. The van der Waals surface area contributed by atoms with Gasteiger partial charge >= 0.3 is 0 Å². The van der Waals surface area contributed by atoms with Gasteiger partial charge in [0.1, 0.15) is 11.4 Å². The van der Waals surface area contributed by atoms with Gasteiger partial charge in [0, 0.05) is 13.0 Å². The molecular formula is C20H25N3O4S. The van der Waals surface area contributed by atoms with Crippen molar-refractivity contribution >= 4 is 33.8 Å². The fourth-order valence-corrected chi connectivity index (χ4v) is 4.57. The third-order valence-electron chi connectivity index (χ3n) is 4.73. The van der Waals surface area contributed by atoms with Crippen molar-refractivity contribution in [3.05, 3.63) is 41.3 Å². The van der Waals surface area contributed by atoms with Gasteiger partial charge in [0.05, 0.1) is 4.90 Å². The molecule has 0 bridgehead atoms. The van der Waals surface area contributed by atoms with E-state index in [9.17, 15) is 13.2 Å². The molecule has 0 aliphatic heterocycles. The van der Waals surface area contributed by atoms with Crippen LogP contribution in [0.25, 0.3) is 12.2 Å². The van der Waals surface area contributed by atoms with Gasteiger partial charge in [0.15, 0.2) is 5.76 Å². The molecule has 8 heteroatoms. The van der Waals surface area contributed by atoms with E-state index in [1.54, 1.807) is 43.3 Å². The minimum absolute atomic E-state index is 0.0280. The van der Waals surface area contributed by atoms with Crippen LogP contribution in [0.15, 0.2) is 33.7 Å². The molecular weight excluding hydrogens is 378 g/mol. The van der Waals surface area contributed by atoms with Gasteiger partial charge in [0.2, 0.25) is 15.9 Å².